The zero-order valence-corrected chi connectivity index (χ0v) is 13.3. The quantitative estimate of drug-likeness (QED) is 0.710. The molecule has 0 saturated carbocycles. The minimum atomic E-state index is -3.70. The van der Waals surface area contributed by atoms with Crippen molar-refractivity contribution in [1.29, 1.82) is 0 Å². The molecule has 3 nitrogen and oxygen atoms in total. The molecule has 1 rings (SSSR count). The van der Waals surface area contributed by atoms with Crippen molar-refractivity contribution in [3.8, 4) is 0 Å². The van der Waals surface area contributed by atoms with Crippen LogP contribution in [0.25, 0.3) is 0 Å². The van der Waals surface area contributed by atoms with Crippen molar-refractivity contribution in [3.05, 3.63) is 29.8 Å². The normalized spacial score (nSPS) is 13.3. The highest BCUT2D eigenvalue weighted by atomic mass is 32.2. The van der Waals surface area contributed by atoms with Crippen molar-refractivity contribution in [2.75, 3.05) is 12.3 Å². The van der Waals surface area contributed by atoms with E-state index >= 15 is 0 Å². The number of benzene rings is 1. The zero-order chi connectivity index (χ0) is 15.9. The third-order valence-electron chi connectivity index (χ3n) is 3.37. The van der Waals surface area contributed by atoms with Crippen molar-refractivity contribution < 1.29 is 17.2 Å². The zero-order valence-electron chi connectivity index (χ0n) is 12.5. The van der Waals surface area contributed by atoms with Crippen LogP contribution in [0.1, 0.15) is 39.5 Å². The minimum Gasteiger partial charge on any atom is -0.314 e. The van der Waals surface area contributed by atoms with Gasteiger partial charge in [-0.2, -0.15) is 0 Å². The molecule has 1 atom stereocenters. The summed E-state index contributed by atoms with van der Waals surface area (Å²) in [5.41, 5.74) is 0. The number of rotatable bonds is 9. The van der Waals surface area contributed by atoms with Crippen molar-refractivity contribution in [2.24, 2.45) is 0 Å². The Morgan fingerprint density at radius 2 is 1.95 bits per heavy atom. The maximum absolute atomic E-state index is 13.5. The van der Waals surface area contributed by atoms with Gasteiger partial charge in [-0.3, -0.25) is 0 Å². The summed E-state index contributed by atoms with van der Waals surface area (Å²) in [6.45, 7) is 5.01. The Morgan fingerprint density at radius 1 is 1.24 bits per heavy atom. The van der Waals surface area contributed by atoms with Gasteiger partial charge in [0.2, 0.25) is 0 Å². The van der Waals surface area contributed by atoms with Crippen molar-refractivity contribution >= 4 is 9.84 Å². The lowest BCUT2D eigenvalue weighted by atomic mass is 10.1. The number of sulfone groups is 1. The molecule has 6 heteroatoms. The Labute approximate surface area is 125 Å². The molecular formula is C15H23F2NO2S. The number of nitrogens with one attached hydrogen (secondary N) is 1. The van der Waals surface area contributed by atoms with Gasteiger partial charge in [-0.15, -0.1) is 0 Å². The summed E-state index contributed by atoms with van der Waals surface area (Å²) in [5.74, 6) is -1.92. The Balaban J connectivity index is 2.60. The largest absolute Gasteiger partial charge is 0.314 e. The molecule has 0 aromatic heterocycles. The lowest BCUT2D eigenvalue weighted by molar-refractivity contribution is 0.462. The summed E-state index contributed by atoms with van der Waals surface area (Å²) in [4.78, 5) is -0.418. The molecule has 120 valence electrons. The predicted molar refractivity (Wildman–Crippen MR) is 80.0 cm³/mol. The summed E-state index contributed by atoms with van der Waals surface area (Å²) in [6.07, 6.45) is 3.12. The summed E-state index contributed by atoms with van der Waals surface area (Å²) in [5, 5.41) is 3.35. The van der Waals surface area contributed by atoms with Crippen LogP contribution in [0.4, 0.5) is 8.78 Å². The molecule has 1 aromatic carbocycles. The highest BCUT2D eigenvalue weighted by Gasteiger charge is 2.20. The second-order valence-electron chi connectivity index (χ2n) is 5.10. The summed E-state index contributed by atoms with van der Waals surface area (Å²) in [6, 6.07) is 2.84. The first-order chi connectivity index (χ1) is 9.90. The highest BCUT2D eigenvalue weighted by Crippen LogP contribution is 2.18. The van der Waals surface area contributed by atoms with Crippen LogP contribution in [0, 0.1) is 11.6 Å². The van der Waals surface area contributed by atoms with Gasteiger partial charge in [0.1, 0.15) is 16.5 Å². The van der Waals surface area contributed by atoms with Gasteiger partial charge < -0.3 is 5.32 Å². The Bertz CT molecular complexity index is 547. The van der Waals surface area contributed by atoms with Gasteiger partial charge in [0, 0.05) is 12.1 Å². The summed E-state index contributed by atoms with van der Waals surface area (Å²) >= 11 is 0. The molecule has 0 fully saturated rings. The van der Waals surface area contributed by atoms with E-state index in [9.17, 15) is 17.2 Å². The van der Waals surface area contributed by atoms with Crippen LogP contribution in [0.2, 0.25) is 0 Å². The van der Waals surface area contributed by atoms with Crippen molar-refractivity contribution in [2.45, 2.75) is 50.5 Å². The lowest BCUT2D eigenvalue weighted by Crippen LogP contribution is -2.29. The maximum Gasteiger partial charge on any atom is 0.181 e. The van der Waals surface area contributed by atoms with E-state index in [0.29, 0.717) is 12.5 Å². The third-order valence-corrected chi connectivity index (χ3v) is 5.20. The van der Waals surface area contributed by atoms with Gasteiger partial charge in [-0.05, 0) is 44.4 Å². The van der Waals surface area contributed by atoms with E-state index in [1.54, 1.807) is 0 Å². The molecule has 1 aromatic rings. The van der Waals surface area contributed by atoms with Crippen LogP contribution in [-0.2, 0) is 9.84 Å². The standard InChI is InChI=1S/C15H23F2NO2S/c1-3-9-18-13(4-2)6-5-10-21(19,20)15-8-7-12(16)11-14(15)17/h7-8,11,13,18H,3-6,9-10H2,1-2H3. The van der Waals surface area contributed by atoms with Gasteiger partial charge >= 0.3 is 0 Å². The first kappa shape index (κ1) is 18.0. The predicted octanol–water partition coefficient (Wildman–Crippen LogP) is 3.30. The SMILES string of the molecule is CCCNC(CC)CCCS(=O)(=O)c1ccc(F)cc1F. The van der Waals surface area contributed by atoms with Gasteiger partial charge in [-0.25, -0.2) is 17.2 Å². The molecule has 0 saturated heterocycles. The molecule has 0 aliphatic carbocycles. The molecule has 0 aliphatic rings. The van der Waals surface area contributed by atoms with E-state index in [-0.39, 0.29) is 11.8 Å². The minimum absolute atomic E-state index is 0.125. The van der Waals surface area contributed by atoms with Crippen LogP contribution in [-0.4, -0.2) is 26.8 Å². The van der Waals surface area contributed by atoms with Crippen molar-refractivity contribution in [3.63, 3.8) is 0 Å². The molecule has 0 aliphatic heterocycles. The van der Waals surface area contributed by atoms with Crippen LogP contribution in [0.5, 0.6) is 0 Å². The molecule has 1 N–H and O–H groups in total. The molecule has 21 heavy (non-hydrogen) atoms. The number of hydrogen-bond acceptors (Lipinski definition) is 3. The Kier molecular flexibility index (Phi) is 7.25. The molecular weight excluding hydrogens is 296 g/mol. The van der Waals surface area contributed by atoms with Crippen molar-refractivity contribution in [1.82, 2.24) is 5.32 Å². The third kappa shape index (κ3) is 5.71. The average molecular weight is 319 g/mol. The van der Waals surface area contributed by atoms with Crippen LogP contribution < -0.4 is 5.32 Å². The molecule has 0 amide bonds. The Hall–Kier alpha value is -1.01. The van der Waals surface area contributed by atoms with E-state index in [0.717, 1.165) is 37.9 Å². The Morgan fingerprint density at radius 3 is 2.52 bits per heavy atom. The highest BCUT2D eigenvalue weighted by molar-refractivity contribution is 7.91. The van der Waals surface area contributed by atoms with Crippen LogP contribution in [0.3, 0.4) is 0 Å². The summed E-state index contributed by atoms with van der Waals surface area (Å²) in [7, 11) is -3.70. The van der Waals surface area contributed by atoms with E-state index < -0.39 is 26.4 Å². The average Bonchev–Trinajstić information content (AvgIpc) is 2.42. The second kappa shape index (κ2) is 8.44. The lowest BCUT2D eigenvalue weighted by Gasteiger charge is -2.16. The molecule has 1 unspecified atom stereocenters. The van der Waals surface area contributed by atoms with E-state index in [1.165, 1.54) is 0 Å². The van der Waals surface area contributed by atoms with Gasteiger partial charge in [0.25, 0.3) is 0 Å². The molecule has 0 bridgehead atoms. The molecule has 0 radical (unpaired) electrons. The molecule has 0 spiro atoms. The number of halogens is 2. The summed E-state index contributed by atoms with van der Waals surface area (Å²) < 4.78 is 50.5. The van der Waals surface area contributed by atoms with E-state index in [1.807, 2.05) is 6.92 Å². The maximum atomic E-state index is 13.5. The topological polar surface area (TPSA) is 46.2 Å². The van der Waals surface area contributed by atoms with Gasteiger partial charge in [0.05, 0.1) is 5.75 Å². The first-order valence-electron chi connectivity index (χ1n) is 7.32. The fraction of sp³-hybridized carbons (Fsp3) is 0.600. The fourth-order valence-corrected chi connectivity index (χ4v) is 3.55. The van der Waals surface area contributed by atoms with Gasteiger partial charge in [0.15, 0.2) is 9.84 Å². The van der Waals surface area contributed by atoms with Crippen LogP contribution in [0.15, 0.2) is 23.1 Å². The fourth-order valence-electron chi connectivity index (χ4n) is 2.16. The van der Waals surface area contributed by atoms with E-state index in [4.69, 9.17) is 0 Å². The second-order valence-corrected chi connectivity index (χ2v) is 7.17. The molecule has 0 heterocycles. The number of hydrogen-bond donors (Lipinski definition) is 1. The van der Waals surface area contributed by atoms with E-state index in [2.05, 4.69) is 12.2 Å². The first-order valence-corrected chi connectivity index (χ1v) is 8.97. The monoisotopic (exact) mass is 319 g/mol. The van der Waals surface area contributed by atoms with Gasteiger partial charge in [-0.1, -0.05) is 13.8 Å². The van der Waals surface area contributed by atoms with Crippen LogP contribution >= 0.6 is 0 Å². The smallest absolute Gasteiger partial charge is 0.181 e.